The van der Waals surface area contributed by atoms with Crippen LogP contribution in [0.2, 0.25) is 0 Å². The van der Waals surface area contributed by atoms with E-state index in [0.717, 1.165) is 32.2 Å². The van der Waals surface area contributed by atoms with Crippen molar-refractivity contribution in [2.45, 2.75) is 44.3 Å². The number of carbonyl (C=O) groups excluding carboxylic acids is 2. The Kier molecular flexibility index (Phi) is 4.17. The third-order valence-corrected chi connectivity index (χ3v) is 4.75. The average Bonchev–Trinajstić information content (AvgIpc) is 3.00. The van der Waals surface area contributed by atoms with E-state index in [1.54, 1.807) is 6.92 Å². The minimum Gasteiger partial charge on any atom is -0.369 e. The molecule has 3 heterocycles. The molecule has 6 nitrogen and oxygen atoms in total. The quantitative estimate of drug-likeness (QED) is 0.703. The molecule has 21 heavy (non-hydrogen) atoms. The van der Waals surface area contributed by atoms with E-state index in [1.165, 1.54) is 0 Å². The summed E-state index contributed by atoms with van der Waals surface area (Å²) in [5.74, 6) is 0.176. The Labute approximate surface area is 125 Å². The van der Waals surface area contributed by atoms with Gasteiger partial charge in [0.1, 0.15) is 11.7 Å². The Morgan fingerprint density at radius 2 is 1.90 bits per heavy atom. The van der Waals surface area contributed by atoms with Gasteiger partial charge in [0.2, 0.25) is 5.91 Å². The van der Waals surface area contributed by atoms with Gasteiger partial charge in [0.05, 0.1) is 19.7 Å². The van der Waals surface area contributed by atoms with Crippen molar-refractivity contribution >= 4 is 11.8 Å². The summed E-state index contributed by atoms with van der Waals surface area (Å²) >= 11 is 0. The smallest absolute Gasteiger partial charge is 0.251 e. The minimum absolute atomic E-state index is 0.0836. The third kappa shape index (κ3) is 3.06. The third-order valence-electron chi connectivity index (χ3n) is 4.75. The highest BCUT2D eigenvalue weighted by Crippen LogP contribution is 2.30. The van der Waals surface area contributed by atoms with E-state index in [4.69, 9.17) is 9.47 Å². The SMILES string of the molecule is CC(=O)N1CCC[C@@]2(C1)CN(C(=O)[C@H]1CCCO1)CCO2. The number of ether oxygens (including phenoxy) is 2. The van der Waals surface area contributed by atoms with E-state index in [0.29, 0.717) is 32.8 Å². The maximum absolute atomic E-state index is 12.5. The molecule has 6 heteroatoms. The van der Waals surface area contributed by atoms with Gasteiger partial charge in [-0.2, -0.15) is 0 Å². The van der Waals surface area contributed by atoms with E-state index in [2.05, 4.69) is 0 Å². The highest BCUT2D eigenvalue weighted by Gasteiger charge is 2.43. The Morgan fingerprint density at radius 1 is 1.10 bits per heavy atom. The molecule has 0 unspecified atom stereocenters. The van der Waals surface area contributed by atoms with Crippen LogP contribution in [0.4, 0.5) is 0 Å². The molecule has 3 aliphatic heterocycles. The highest BCUT2D eigenvalue weighted by atomic mass is 16.5. The summed E-state index contributed by atoms with van der Waals surface area (Å²) in [6.45, 7) is 5.42. The molecular formula is C15H24N2O4. The number of morpholine rings is 1. The van der Waals surface area contributed by atoms with Crippen LogP contribution >= 0.6 is 0 Å². The lowest BCUT2D eigenvalue weighted by molar-refractivity contribution is -0.170. The molecule has 0 saturated carbocycles. The number of likely N-dealkylation sites (tertiary alicyclic amines) is 1. The minimum atomic E-state index is -0.379. The van der Waals surface area contributed by atoms with Crippen LogP contribution in [-0.4, -0.2) is 72.7 Å². The van der Waals surface area contributed by atoms with Crippen LogP contribution in [-0.2, 0) is 19.1 Å². The van der Waals surface area contributed by atoms with Crippen LogP contribution in [0.15, 0.2) is 0 Å². The van der Waals surface area contributed by atoms with E-state index < -0.39 is 0 Å². The molecule has 3 rings (SSSR count). The molecule has 0 N–H and O–H groups in total. The molecule has 0 aromatic carbocycles. The maximum Gasteiger partial charge on any atom is 0.251 e. The van der Waals surface area contributed by atoms with Crippen molar-refractivity contribution in [1.82, 2.24) is 9.80 Å². The summed E-state index contributed by atoms with van der Waals surface area (Å²) in [6, 6.07) is 0. The van der Waals surface area contributed by atoms with Gasteiger partial charge in [0.25, 0.3) is 5.91 Å². The molecule has 3 saturated heterocycles. The van der Waals surface area contributed by atoms with Crippen LogP contribution in [0.3, 0.4) is 0 Å². The molecule has 1 spiro atoms. The first-order valence-electron chi connectivity index (χ1n) is 7.90. The molecular weight excluding hydrogens is 272 g/mol. The molecule has 0 radical (unpaired) electrons. The average molecular weight is 296 g/mol. The standard InChI is InChI=1S/C15H24N2O4/c1-12(18)16-6-3-5-15(10-16)11-17(7-9-21-15)14(19)13-4-2-8-20-13/h13H,2-11H2,1H3/t13-,15-/m1/s1. The zero-order chi connectivity index (χ0) is 14.9. The van der Waals surface area contributed by atoms with E-state index in [-0.39, 0.29) is 23.5 Å². The topological polar surface area (TPSA) is 59.1 Å². The number of hydrogen-bond acceptors (Lipinski definition) is 4. The first-order valence-corrected chi connectivity index (χ1v) is 7.90. The second kappa shape index (κ2) is 5.93. The fourth-order valence-electron chi connectivity index (χ4n) is 3.62. The van der Waals surface area contributed by atoms with Gasteiger partial charge in [-0.05, 0) is 25.7 Å². The molecule has 118 valence electrons. The van der Waals surface area contributed by atoms with Crippen LogP contribution in [0, 0.1) is 0 Å². The maximum atomic E-state index is 12.5. The monoisotopic (exact) mass is 296 g/mol. The molecule has 0 bridgehead atoms. The van der Waals surface area contributed by atoms with Gasteiger partial charge < -0.3 is 19.3 Å². The van der Waals surface area contributed by atoms with Crippen LogP contribution in [0.1, 0.15) is 32.6 Å². The molecule has 2 amide bonds. The molecule has 0 aromatic rings. The van der Waals surface area contributed by atoms with Crippen molar-refractivity contribution in [1.29, 1.82) is 0 Å². The van der Waals surface area contributed by atoms with Crippen LogP contribution < -0.4 is 0 Å². The summed E-state index contributed by atoms with van der Waals surface area (Å²) in [5, 5.41) is 0. The number of carbonyl (C=O) groups is 2. The second-order valence-corrected chi connectivity index (χ2v) is 6.34. The normalized spacial score (nSPS) is 33.5. The Balaban J connectivity index is 1.67. The predicted molar refractivity (Wildman–Crippen MR) is 75.7 cm³/mol. The first kappa shape index (κ1) is 14.8. The van der Waals surface area contributed by atoms with E-state index in [9.17, 15) is 9.59 Å². The fourth-order valence-corrected chi connectivity index (χ4v) is 3.62. The Hall–Kier alpha value is -1.14. The van der Waals surface area contributed by atoms with Crippen molar-refractivity contribution in [3.05, 3.63) is 0 Å². The number of piperidine rings is 1. The molecule has 3 fully saturated rings. The van der Waals surface area contributed by atoms with Crippen LogP contribution in [0.5, 0.6) is 0 Å². The number of rotatable bonds is 1. The van der Waals surface area contributed by atoms with Gasteiger partial charge in [0, 0.05) is 26.6 Å². The van der Waals surface area contributed by atoms with Gasteiger partial charge in [0.15, 0.2) is 0 Å². The van der Waals surface area contributed by atoms with Gasteiger partial charge in [-0.3, -0.25) is 9.59 Å². The summed E-state index contributed by atoms with van der Waals surface area (Å²) in [7, 11) is 0. The lowest BCUT2D eigenvalue weighted by Gasteiger charge is -2.48. The zero-order valence-corrected chi connectivity index (χ0v) is 12.7. The van der Waals surface area contributed by atoms with E-state index >= 15 is 0 Å². The lowest BCUT2D eigenvalue weighted by atomic mass is 9.90. The van der Waals surface area contributed by atoms with Gasteiger partial charge in [-0.1, -0.05) is 0 Å². The first-order chi connectivity index (χ1) is 10.1. The van der Waals surface area contributed by atoms with Crippen molar-refractivity contribution < 1.29 is 19.1 Å². The number of hydrogen-bond donors (Lipinski definition) is 0. The Bertz CT molecular complexity index is 418. The van der Waals surface area contributed by atoms with Gasteiger partial charge in [-0.15, -0.1) is 0 Å². The fraction of sp³-hybridized carbons (Fsp3) is 0.867. The van der Waals surface area contributed by atoms with E-state index in [1.807, 2.05) is 9.80 Å². The van der Waals surface area contributed by atoms with Gasteiger partial charge >= 0.3 is 0 Å². The zero-order valence-electron chi connectivity index (χ0n) is 12.7. The van der Waals surface area contributed by atoms with Crippen molar-refractivity contribution in [2.24, 2.45) is 0 Å². The molecule has 3 aliphatic rings. The largest absolute Gasteiger partial charge is 0.369 e. The van der Waals surface area contributed by atoms with Crippen molar-refractivity contribution in [2.75, 3.05) is 39.4 Å². The summed E-state index contributed by atoms with van der Waals surface area (Å²) < 4.78 is 11.5. The summed E-state index contributed by atoms with van der Waals surface area (Å²) in [5.41, 5.74) is -0.379. The summed E-state index contributed by atoms with van der Waals surface area (Å²) in [4.78, 5) is 27.8. The molecule has 0 aliphatic carbocycles. The second-order valence-electron chi connectivity index (χ2n) is 6.34. The predicted octanol–water partition coefficient (Wildman–Crippen LogP) is 0.405. The number of amides is 2. The Morgan fingerprint density at radius 3 is 2.62 bits per heavy atom. The number of nitrogens with zero attached hydrogens (tertiary/aromatic N) is 2. The van der Waals surface area contributed by atoms with Gasteiger partial charge in [-0.25, -0.2) is 0 Å². The van der Waals surface area contributed by atoms with Crippen molar-refractivity contribution in [3.8, 4) is 0 Å². The highest BCUT2D eigenvalue weighted by molar-refractivity contribution is 5.81. The van der Waals surface area contributed by atoms with Crippen LogP contribution in [0.25, 0.3) is 0 Å². The van der Waals surface area contributed by atoms with Crippen molar-refractivity contribution in [3.63, 3.8) is 0 Å². The summed E-state index contributed by atoms with van der Waals surface area (Å²) in [6.07, 6.45) is 3.35. The lowest BCUT2D eigenvalue weighted by Crippen LogP contribution is -2.62. The molecule has 2 atom stereocenters. The molecule has 0 aromatic heterocycles.